The van der Waals surface area contributed by atoms with Crippen molar-refractivity contribution in [2.75, 3.05) is 4.72 Å². The van der Waals surface area contributed by atoms with Gasteiger partial charge in [-0.15, -0.1) is 0 Å². The van der Waals surface area contributed by atoms with Crippen LogP contribution in [0, 0.1) is 7.14 Å². The van der Waals surface area contributed by atoms with Gasteiger partial charge in [0, 0.05) is 14.3 Å². The molecule has 0 aliphatic carbocycles. The molecule has 3 aromatic rings. The highest BCUT2D eigenvalue weighted by atomic mass is 127. The molecular formula is C18H10F3I2NO5S. The third-order valence-electron chi connectivity index (χ3n) is 3.88. The first kappa shape index (κ1) is 22.9. The number of halogens is 5. The zero-order chi connectivity index (χ0) is 22.3. The first-order valence-electron chi connectivity index (χ1n) is 7.92. The van der Waals surface area contributed by atoms with Crippen LogP contribution in [0.15, 0.2) is 48.5 Å². The van der Waals surface area contributed by atoms with E-state index in [1.54, 1.807) is 6.07 Å². The highest BCUT2D eigenvalue weighted by Crippen LogP contribution is 2.35. The third-order valence-corrected chi connectivity index (χ3v) is 6.43. The van der Waals surface area contributed by atoms with E-state index in [-0.39, 0.29) is 33.5 Å². The van der Waals surface area contributed by atoms with E-state index in [9.17, 15) is 31.5 Å². The fourth-order valence-corrected chi connectivity index (χ4v) is 4.97. The Balaban J connectivity index is 2.02. The number of anilines is 1. The van der Waals surface area contributed by atoms with E-state index in [1.807, 2.05) is 45.2 Å². The van der Waals surface area contributed by atoms with Gasteiger partial charge in [0.2, 0.25) is 0 Å². The maximum atomic E-state index is 12.7. The minimum absolute atomic E-state index is 0.0150. The first-order chi connectivity index (χ1) is 13.9. The number of phenolic OH excluding ortho intramolecular Hbond substituents is 1. The molecule has 0 heterocycles. The molecule has 12 heteroatoms. The summed E-state index contributed by atoms with van der Waals surface area (Å²) in [6.45, 7) is 0. The Morgan fingerprint density at radius 1 is 1.03 bits per heavy atom. The van der Waals surface area contributed by atoms with Crippen LogP contribution in [0.3, 0.4) is 0 Å². The average molecular weight is 663 g/mol. The van der Waals surface area contributed by atoms with Crippen molar-refractivity contribution in [1.29, 1.82) is 0 Å². The number of sulfonamides is 1. The average Bonchev–Trinajstić information content (AvgIpc) is 2.64. The van der Waals surface area contributed by atoms with Crippen molar-refractivity contribution in [2.24, 2.45) is 0 Å². The summed E-state index contributed by atoms with van der Waals surface area (Å²) in [5.41, 5.74) is -5.90. The molecular weight excluding hydrogens is 653 g/mol. The van der Waals surface area contributed by atoms with Gasteiger partial charge < -0.3 is 9.84 Å². The lowest BCUT2D eigenvalue weighted by Crippen LogP contribution is -2.29. The zero-order valence-corrected chi connectivity index (χ0v) is 19.6. The molecule has 3 rings (SSSR count). The molecule has 0 saturated heterocycles. The third kappa shape index (κ3) is 4.59. The summed E-state index contributed by atoms with van der Waals surface area (Å²) in [6, 6.07) is 11.2. The molecule has 6 nitrogen and oxygen atoms in total. The molecule has 2 N–H and O–H groups in total. The lowest BCUT2D eigenvalue weighted by molar-refractivity contribution is -0.0429. The van der Waals surface area contributed by atoms with Gasteiger partial charge in [-0.2, -0.15) is 21.6 Å². The van der Waals surface area contributed by atoms with Gasteiger partial charge in [0.1, 0.15) is 17.1 Å². The zero-order valence-electron chi connectivity index (χ0n) is 14.5. The van der Waals surface area contributed by atoms with E-state index in [0.29, 0.717) is 7.14 Å². The van der Waals surface area contributed by atoms with Gasteiger partial charge >= 0.3 is 21.5 Å². The normalized spacial score (nSPS) is 12.0. The Morgan fingerprint density at radius 3 is 2.33 bits per heavy atom. The lowest BCUT2D eigenvalue weighted by atomic mass is 10.1. The van der Waals surface area contributed by atoms with Crippen molar-refractivity contribution < 1.29 is 36.2 Å². The second-order valence-corrected chi connectivity index (χ2v) is 9.96. The number of carbonyl (C=O) groups excluding carboxylic acids is 1. The predicted octanol–water partition coefficient (Wildman–Crippen LogP) is 5.24. The number of nitrogens with one attached hydrogen (secondary N) is 1. The highest BCUT2D eigenvalue weighted by Gasteiger charge is 2.46. The van der Waals surface area contributed by atoms with Gasteiger partial charge in [-0.3, -0.25) is 4.72 Å². The molecule has 0 radical (unpaired) electrons. The maximum absolute atomic E-state index is 12.7. The van der Waals surface area contributed by atoms with Crippen molar-refractivity contribution in [2.45, 2.75) is 5.51 Å². The number of rotatable bonds is 4. The van der Waals surface area contributed by atoms with Crippen molar-refractivity contribution >= 4 is 77.6 Å². The summed E-state index contributed by atoms with van der Waals surface area (Å²) in [6.07, 6.45) is 0. The monoisotopic (exact) mass is 663 g/mol. The topological polar surface area (TPSA) is 92.7 Å². The number of aromatic hydroxyl groups is 1. The molecule has 0 amide bonds. The number of hydrogen-bond acceptors (Lipinski definition) is 5. The van der Waals surface area contributed by atoms with Crippen LogP contribution in [0.4, 0.5) is 18.9 Å². The number of carbonyl (C=O) groups is 1. The Bertz CT molecular complexity index is 1260. The SMILES string of the molecule is O=C(Oc1cccc2c(NS(=O)(=O)C(F)(F)F)cccc12)c1cc(I)cc(I)c1O. The molecule has 0 spiro atoms. The van der Waals surface area contributed by atoms with Gasteiger partial charge in [0.25, 0.3) is 0 Å². The molecule has 30 heavy (non-hydrogen) atoms. The van der Waals surface area contributed by atoms with E-state index < -0.39 is 21.5 Å². The van der Waals surface area contributed by atoms with Crippen molar-refractivity contribution in [3.05, 3.63) is 61.2 Å². The molecule has 0 atom stereocenters. The number of esters is 1. The number of fused-ring (bicyclic) bond motifs is 1. The Labute approximate surface area is 195 Å². The Morgan fingerprint density at radius 2 is 1.67 bits per heavy atom. The van der Waals surface area contributed by atoms with Crippen LogP contribution in [0.25, 0.3) is 10.8 Å². The first-order valence-corrected chi connectivity index (χ1v) is 11.6. The van der Waals surface area contributed by atoms with E-state index in [1.165, 1.54) is 41.1 Å². The fourth-order valence-electron chi connectivity index (χ4n) is 2.54. The number of benzene rings is 3. The number of alkyl halides is 3. The van der Waals surface area contributed by atoms with E-state index in [4.69, 9.17) is 4.74 Å². The summed E-state index contributed by atoms with van der Waals surface area (Å²) in [4.78, 5) is 12.6. The van der Waals surface area contributed by atoms with E-state index in [2.05, 4.69) is 0 Å². The summed E-state index contributed by atoms with van der Waals surface area (Å²) in [5.74, 6) is -1.16. The second-order valence-electron chi connectivity index (χ2n) is 5.88. The Kier molecular flexibility index (Phi) is 6.38. The molecule has 158 valence electrons. The van der Waals surface area contributed by atoms with Gasteiger partial charge in [0.05, 0.1) is 9.26 Å². The highest BCUT2D eigenvalue weighted by molar-refractivity contribution is 14.1. The summed E-state index contributed by atoms with van der Waals surface area (Å²) >= 11 is 3.83. The van der Waals surface area contributed by atoms with Crippen molar-refractivity contribution in [3.8, 4) is 11.5 Å². The van der Waals surface area contributed by atoms with Gasteiger partial charge in [-0.1, -0.05) is 24.3 Å². The largest absolute Gasteiger partial charge is 0.516 e. The summed E-state index contributed by atoms with van der Waals surface area (Å²) in [5, 5.41) is 10.4. The molecule has 0 aliphatic rings. The maximum Gasteiger partial charge on any atom is 0.516 e. The van der Waals surface area contributed by atoms with Crippen LogP contribution in [-0.4, -0.2) is 25.0 Å². The minimum atomic E-state index is -5.63. The van der Waals surface area contributed by atoms with Crippen LogP contribution in [0.2, 0.25) is 0 Å². The van der Waals surface area contributed by atoms with Crippen LogP contribution < -0.4 is 9.46 Å². The van der Waals surface area contributed by atoms with Crippen molar-refractivity contribution in [3.63, 3.8) is 0 Å². The van der Waals surface area contributed by atoms with Gasteiger partial charge in [0.15, 0.2) is 0 Å². The van der Waals surface area contributed by atoms with E-state index >= 15 is 0 Å². The number of phenols is 1. The Hall–Kier alpha value is -1.81. The quantitative estimate of drug-likeness (QED) is 0.227. The molecule has 3 aromatic carbocycles. The van der Waals surface area contributed by atoms with Crippen LogP contribution in [-0.2, 0) is 10.0 Å². The smallest absolute Gasteiger partial charge is 0.506 e. The lowest BCUT2D eigenvalue weighted by Gasteiger charge is -2.14. The molecule has 0 bridgehead atoms. The van der Waals surface area contributed by atoms with Crippen LogP contribution >= 0.6 is 45.2 Å². The number of ether oxygens (including phenoxy) is 1. The minimum Gasteiger partial charge on any atom is -0.506 e. The predicted molar refractivity (Wildman–Crippen MR) is 121 cm³/mol. The van der Waals surface area contributed by atoms with Gasteiger partial charge in [-0.25, -0.2) is 4.79 Å². The van der Waals surface area contributed by atoms with E-state index in [0.717, 1.165) is 6.07 Å². The van der Waals surface area contributed by atoms with Crippen LogP contribution in [0.5, 0.6) is 11.5 Å². The summed E-state index contributed by atoms with van der Waals surface area (Å²) in [7, 11) is -5.63. The molecule has 0 fully saturated rings. The van der Waals surface area contributed by atoms with Crippen molar-refractivity contribution in [1.82, 2.24) is 0 Å². The molecule has 0 aromatic heterocycles. The van der Waals surface area contributed by atoms with Gasteiger partial charge in [-0.05, 0) is 69.4 Å². The molecule has 0 aliphatic heterocycles. The molecule has 0 unspecified atom stereocenters. The number of hydrogen-bond donors (Lipinski definition) is 2. The second kappa shape index (κ2) is 8.37. The van der Waals surface area contributed by atoms with Crippen LogP contribution in [0.1, 0.15) is 10.4 Å². The fraction of sp³-hybridized carbons (Fsp3) is 0.0556. The standard InChI is InChI=1S/C18H10F3I2NO5S/c19-18(20,21)30(27,28)24-14-5-1-4-11-10(14)3-2-6-15(11)29-17(26)12-7-9(22)8-13(23)16(12)25/h1-8,24-25H. The molecule has 0 saturated carbocycles. The summed E-state index contributed by atoms with van der Waals surface area (Å²) < 4.78 is 69.1.